The van der Waals surface area contributed by atoms with E-state index in [-0.39, 0.29) is 0 Å². The third kappa shape index (κ3) is 3.20. The highest BCUT2D eigenvalue weighted by Gasteiger charge is 2.22. The molecule has 0 saturated carbocycles. The number of methoxy groups -OCH3 is 1. The van der Waals surface area contributed by atoms with E-state index in [1.807, 2.05) is 6.07 Å². The molecule has 1 aromatic heterocycles. The molecule has 1 fully saturated rings. The van der Waals surface area contributed by atoms with Crippen molar-refractivity contribution in [2.45, 2.75) is 13.0 Å². The van der Waals surface area contributed by atoms with E-state index >= 15 is 0 Å². The molecule has 1 aliphatic heterocycles. The molecule has 1 saturated heterocycles. The summed E-state index contributed by atoms with van der Waals surface area (Å²) in [5, 5.41) is 0. The smallest absolute Gasteiger partial charge is 0.218 e. The van der Waals surface area contributed by atoms with E-state index in [0.29, 0.717) is 11.9 Å². The first kappa shape index (κ1) is 14.8. The molecule has 2 heterocycles. The van der Waals surface area contributed by atoms with Crippen molar-refractivity contribution in [3.05, 3.63) is 48.3 Å². The van der Waals surface area contributed by atoms with Crippen LogP contribution in [0, 0.1) is 0 Å². The summed E-state index contributed by atoms with van der Waals surface area (Å²) in [7, 11) is 1.63. The average Bonchev–Trinajstić information content (AvgIpc) is 2.62. The maximum atomic E-state index is 5.17. The predicted octanol–water partition coefficient (Wildman–Crippen LogP) is 2.37. The summed E-state index contributed by atoms with van der Waals surface area (Å²) in [6, 6.07) is 13.0. The van der Waals surface area contributed by atoms with Gasteiger partial charge in [0.25, 0.3) is 0 Å². The molecule has 2 aromatic rings. The van der Waals surface area contributed by atoms with Crippen LogP contribution in [-0.2, 0) is 0 Å². The zero-order chi connectivity index (χ0) is 15.4. The topological polar surface area (TPSA) is 41.5 Å². The molecule has 22 heavy (non-hydrogen) atoms. The van der Waals surface area contributed by atoms with Crippen molar-refractivity contribution in [1.82, 2.24) is 14.9 Å². The van der Waals surface area contributed by atoms with E-state index in [4.69, 9.17) is 4.74 Å². The van der Waals surface area contributed by atoms with Gasteiger partial charge >= 0.3 is 0 Å². The third-order valence-corrected chi connectivity index (χ3v) is 4.30. The van der Waals surface area contributed by atoms with Gasteiger partial charge in [-0.25, -0.2) is 9.97 Å². The first-order valence-corrected chi connectivity index (χ1v) is 7.68. The Morgan fingerprint density at radius 2 is 1.77 bits per heavy atom. The second-order valence-corrected chi connectivity index (χ2v) is 5.53. The Morgan fingerprint density at radius 3 is 2.45 bits per heavy atom. The second-order valence-electron chi connectivity index (χ2n) is 5.53. The van der Waals surface area contributed by atoms with Crippen molar-refractivity contribution in [2.75, 3.05) is 38.2 Å². The lowest BCUT2D eigenvalue weighted by molar-refractivity contribution is 0.198. The fourth-order valence-corrected chi connectivity index (χ4v) is 2.90. The molecule has 1 unspecified atom stereocenters. The lowest BCUT2D eigenvalue weighted by Crippen LogP contribution is -2.47. The van der Waals surface area contributed by atoms with Crippen LogP contribution < -0.4 is 9.64 Å². The zero-order valence-electron chi connectivity index (χ0n) is 13.1. The van der Waals surface area contributed by atoms with Gasteiger partial charge in [0.15, 0.2) is 0 Å². The minimum atomic E-state index is 0.447. The lowest BCUT2D eigenvalue weighted by atomic mass is 10.1. The zero-order valence-corrected chi connectivity index (χ0v) is 13.1. The molecule has 0 amide bonds. The Labute approximate surface area is 131 Å². The molecule has 0 spiro atoms. The van der Waals surface area contributed by atoms with Gasteiger partial charge in [0, 0.05) is 38.3 Å². The largest absolute Gasteiger partial charge is 0.481 e. The molecule has 1 atom stereocenters. The summed E-state index contributed by atoms with van der Waals surface area (Å²) in [5.41, 5.74) is 1.37. The standard InChI is InChI=1S/C17H22N4O/c1-14(15-6-4-3-5-7-15)20-8-10-21(11-9-20)16-12-17(22-2)19-13-18-16/h3-7,12-14H,8-11H2,1-2H3. The van der Waals surface area contributed by atoms with Gasteiger partial charge in [-0.3, -0.25) is 4.90 Å². The van der Waals surface area contributed by atoms with Crippen LogP contribution in [0.5, 0.6) is 5.88 Å². The van der Waals surface area contributed by atoms with E-state index in [9.17, 15) is 0 Å². The molecule has 0 radical (unpaired) electrons. The monoisotopic (exact) mass is 298 g/mol. The van der Waals surface area contributed by atoms with Gasteiger partial charge in [0.05, 0.1) is 7.11 Å². The molecule has 1 aliphatic rings. The maximum Gasteiger partial charge on any atom is 0.218 e. The summed E-state index contributed by atoms with van der Waals surface area (Å²) >= 11 is 0. The first-order valence-electron chi connectivity index (χ1n) is 7.68. The van der Waals surface area contributed by atoms with Gasteiger partial charge in [-0.15, -0.1) is 0 Å². The Kier molecular flexibility index (Phi) is 4.53. The molecule has 0 bridgehead atoms. The van der Waals surface area contributed by atoms with E-state index < -0.39 is 0 Å². The van der Waals surface area contributed by atoms with Crippen LogP contribution in [0.3, 0.4) is 0 Å². The minimum Gasteiger partial charge on any atom is -0.481 e. The summed E-state index contributed by atoms with van der Waals surface area (Å²) in [4.78, 5) is 13.2. The quantitative estimate of drug-likeness (QED) is 0.867. The summed E-state index contributed by atoms with van der Waals surface area (Å²) in [6.07, 6.45) is 1.56. The molecule has 0 aliphatic carbocycles. The molecule has 0 N–H and O–H groups in total. The number of ether oxygens (including phenoxy) is 1. The normalized spacial score (nSPS) is 17.3. The molecule has 5 nitrogen and oxygen atoms in total. The van der Waals surface area contributed by atoms with Crippen LogP contribution in [0.4, 0.5) is 5.82 Å². The lowest BCUT2D eigenvalue weighted by Gasteiger charge is -2.38. The SMILES string of the molecule is COc1cc(N2CCN(C(C)c3ccccc3)CC2)ncn1. The van der Waals surface area contributed by atoms with Crippen molar-refractivity contribution in [2.24, 2.45) is 0 Å². The van der Waals surface area contributed by atoms with Crippen LogP contribution in [0.2, 0.25) is 0 Å². The van der Waals surface area contributed by atoms with Gasteiger partial charge in [0.1, 0.15) is 12.1 Å². The van der Waals surface area contributed by atoms with E-state index in [1.54, 1.807) is 13.4 Å². The third-order valence-electron chi connectivity index (χ3n) is 4.30. The van der Waals surface area contributed by atoms with E-state index in [2.05, 4.69) is 57.0 Å². The minimum absolute atomic E-state index is 0.447. The number of benzene rings is 1. The highest BCUT2D eigenvalue weighted by atomic mass is 16.5. The van der Waals surface area contributed by atoms with Crippen LogP contribution in [-0.4, -0.2) is 48.2 Å². The highest BCUT2D eigenvalue weighted by molar-refractivity contribution is 5.41. The van der Waals surface area contributed by atoms with Crippen molar-refractivity contribution in [1.29, 1.82) is 0 Å². The van der Waals surface area contributed by atoms with Crippen LogP contribution in [0.1, 0.15) is 18.5 Å². The first-order chi connectivity index (χ1) is 10.8. The van der Waals surface area contributed by atoms with Crippen LogP contribution in [0.15, 0.2) is 42.7 Å². The van der Waals surface area contributed by atoms with Crippen molar-refractivity contribution >= 4 is 5.82 Å². The molecule has 5 heteroatoms. The van der Waals surface area contributed by atoms with Gasteiger partial charge < -0.3 is 9.64 Å². The molecular formula is C17H22N4O. The second kappa shape index (κ2) is 6.75. The number of aromatic nitrogens is 2. The van der Waals surface area contributed by atoms with Crippen molar-refractivity contribution in [3.8, 4) is 5.88 Å². The van der Waals surface area contributed by atoms with Crippen molar-refractivity contribution < 1.29 is 4.74 Å². The highest BCUT2D eigenvalue weighted by Crippen LogP contribution is 2.23. The van der Waals surface area contributed by atoms with E-state index in [1.165, 1.54) is 5.56 Å². The van der Waals surface area contributed by atoms with Gasteiger partial charge in [-0.05, 0) is 12.5 Å². The summed E-state index contributed by atoms with van der Waals surface area (Å²) < 4.78 is 5.17. The Bertz CT molecular complexity index is 597. The summed E-state index contributed by atoms with van der Waals surface area (Å²) in [6.45, 7) is 6.28. The van der Waals surface area contributed by atoms with Crippen molar-refractivity contribution in [3.63, 3.8) is 0 Å². The fraction of sp³-hybridized carbons (Fsp3) is 0.412. The van der Waals surface area contributed by atoms with Crippen LogP contribution in [0.25, 0.3) is 0 Å². The summed E-state index contributed by atoms with van der Waals surface area (Å²) in [5.74, 6) is 1.56. The van der Waals surface area contributed by atoms with Gasteiger partial charge in [-0.2, -0.15) is 0 Å². The molecular weight excluding hydrogens is 276 g/mol. The Balaban J connectivity index is 1.62. The Hall–Kier alpha value is -2.14. The molecule has 116 valence electrons. The number of anilines is 1. The number of nitrogens with zero attached hydrogens (tertiary/aromatic N) is 4. The fourth-order valence-electron chi connectivity index (χ4n) is 2.90. The predicted molar refractivity (Wildman–Crippen MR) is 87.2 cm³/mol. The van der Waals surface area contributed by atoms with Crippen LogP contribution >= 0.6 is 0 Å². The molecule has 1 aromatic carbocycles. The number of hydrogen-bond donors (Lipinski definition) is 0. The number of hydrogen-bond acceptors (Lipinski definition) is 5. The molecule has 3 rings (SSSR count). The van der Waals surface area contributed by atoms with E-state index in [0.717, 1.165) is 32.0 Å². The Morgan fingerprint density at radius 1 is 1.05 bits per heavy atom. The number of rotatable bonds is 4. The number of piperazine rings is 1. The van der Waals surface area contributed by atoms with Gasteiger partial charge in [0.2, 0.25) is 5.88 Å². The maximum absolute atomic E-state index is 5.17. The van der Waals surface area contributed by atoms with Gasteiger partial charge in [-0.1, -0.05) is 30.3 Å². The average molecular weight is 298 g/mol.